The van der Waals surface area contributed by atoms with E-state index in [9.17, 15) is 0 Å². The first-order valence-electron chi connectivity index (χ1n) is 16.2. The highest BCUT2D eigenvalue weighted by Crippen LogP contribution is 2.44. The molecule has 0 aromatic heterocycles. The average molecular weight is 585 g/mol. The van der Waals surface area contributed by atoms with Crippen LogP contribution in [0.4, 0.5) is 0 Å². The molecular weight excluding hydrogens is 553 g/mol. The van der Waals surface area contributed by atoms with Gasteiger partial charge in [0.05, 0.1) is 0 Å². The van der Waals surface area contributed by atoms with Crippen LogP contribution in [0.25, 0.3) is 71.3 Å². The zero-order valence-corrected chi connectivity index (χ0v) is 25.6. The van der Waals surface area contributed by atoms with Crippen LogP contribution in [0, 0.1) is 0 Å². The standard InChI is InChI=1S/C46H32/c1-3-12-35-28-38(26-22-31(35)10-1)33-20-24-34(25-21-33)45-41-16-5-7-18-43(41)46(44-19-8-6-17-42(44)45)40-15-9-14-37(30-40)39-27-23-32-11-2-4-13-36(32)29-39/h1-2,4-27,29-30H,3,28H2. The monoisotopic (exact) mass is 584 g/mol. The molecule has 46 heavy (non-hydrogen) atoms. The van der Waals surface area contributed by atoms with Gasteiger partial charge in [-0.1, -0.05) is 158 Å². The maximum Gasteiger partial charge on any atom is -0.00169 e. The second kappa shape index (κ2) is 11.0. The van der Waals surface area contributed by atoms with Crippen molar-refractivity contribution in [2.45, 2.75) is 12.8 Å². The van der Waals surface area contributed by atoms with Crippen molar-refractivity contribution in [3.63, 3.8) is 0 Å². The van der Waals surface area contributed by atoms with Gasteiger partial charge < -0.3 is 0 Å². The maximum atomic E-state index is 2.37. The molecule has 0 aliphatic heterocycles. The van der Waals surface area contributed by atoms with Crippen molar-refractivity contribution >= 4 is 37.9 Å². The van der Waals surface area contributed by atoms with Gasteiger partial charge in [-0.15, -0.1) is 0 Å². The van der Waals surface area contributed by atoms with Gasteiger partial charge >= 0.3 is 0 Å². The number of rotatable bonds is 4. The van der Waals surface area contributed by atoms with Crippen molar-refractivity contribution in [2.75, 3.05) is 0 Å². The minimum Gasteiger partial charge on any atom is -0.0801 e. The van der Waals surface area contributed by atoms with Gasteiger partial charge in [0.2, 0.25) is 0 Å². The Morgan fingerprint density at radius 3 is 1.72 bits per heavy atom. The second-order valence-corrected chi connectivity index (χ2v) is 12.4. The first-order chi connectivity index (χ1) is 22.8. The van der Waals surface area contributed by atoms with Crippen molar-refractivity contribution < 1.29 is 0 Å². The van der Waals surface area contributed by atoms with Crippen LogP contribution in [-0.2, 0) is 0 Å². The van der Waals surface area contributed by atoms with Crippen LogP contribution >= 0.6 is 0 Å². The van der Waals surface area contributed by atoms with Gasteiger partial charge in [-0.05, 0) is 113 Å². The van der Waals surface area contributed by atoms with Crippen molar-refractivity contribution in [3.8, 4) is 33.4 Å². The number of hydrogen-bond acceptors (Lipinski definition) is 0. The molecule has 0 heteroatoms. The van der Waals surface area contributed by atoms with Crippen LogP contribution in [0.1, 0.15) is 18.4 Å². The summed E-state index contributed by atoms with van der Waals surface area (Å²) in [5, 5.41) is 7.65. The van der Waals surface area contributed by atoms with Gasteiger partial charge in [-0.25, -0.2) is 0 Å². The van der Waals surface area contributed by atoms with Gasteiger partial charge in [0.25, 0.3) is 0 Å². The summed E-state index contributed by atoms with van der Waals surface area (Å²) < 4.78 is 0. The fraction of sp³-hybridized carbons (Fsp3) is 0.0435. The summed E-state index contributed by atoms with van der Waals surface area (Å²) in [5.74, 6) is 0. The topological polar surface area (TPSA) is 0 Å². The third-order valence-electron chi connectivity index (χ3n) is 9.72. The molecule has 0 unspecified atom stereocenters. The normalized spacial score (nSPS) is 14.2. The van der Waals surface area contributed by atoms with Gasteiger partial charge in [-0.2, -0.15) is 0 Å². The molecule has 0 spiro atoms. The lowest BCUT2D eigenvalue weighted by Crippen LogP contribution is -1.99. The summed E-state index contributed by atoms with van der Waals surface area (Å²) in [6.45, 7) is 0. The number of allylic oxidation sites excluding steroid dienone is 8. The summed E-state index contributed by atoms with van der Waals surface area (Å²) in [6, 6.07) is 51.5. The van der Waals surface area contributed by atoms with E-state index in [-0.39, 0.29) is 0 Å². The lowest BCUT2D eigenvalue weighted by molar-refractivity contribution is 1.16. The molecule has 0 radical (unpaired) electrons. The molecule has 0 saturated heterocycles. The van der Waals surface area contributed by atoms with Crippen LogP contribution in [0.15, 0.2) is 181 Å². The largest absolute Gasteiger partial charge is 0.0801 e. The molecule has 0 fully saturated rings. The average Bonchev–Trinajstić information content (AvgIpc) is 3.13. The fourth-order valence-electron chi connectivity index (χ4n) is 7.44. The highest BCUT2D eigenvalue weighted by atomic mass is 14.2. The van der Waals surface area contributed by atoms with E-state index < -0.39 is 0 Å². The summed E-state index contributed by atoms with van der Waals surface area (Å²) >= 11 is 0. The lowest BCUT2D eigenvalue weighted by atomic mass is 9.84. The van der Waals surface area contributed by atoms with E-state index in [4.69, 9.17) is 0 Å². The molecule has 0 atom stereocenters. The fourth-order valence-corrected chi connectivity index (χ4v) is 7.44. The quantitative estimate of drug-likeness (QED) is 0.181. The minimum atomic E-state index is 0.994. The Kier molecular flexibility index (Phi) is 6.39. The van der Waals surface area contributed by atoms with Crippen LogP contribution in [0.5, 0.6) is 0 Å². The lowest BCUT2D eigenvalue weighted by Gasteiger charge is -2.20. The number of fused-ring (bicyclic) bond motifs is 4. The van der Waals surface area contributed by atoms with Gasteiger partial charge in [0, 0.05) is 0 Å². The molecule has 0 nitrogen and oxygen atoms in total. The van der Waals surface area contributed by atoms with E-state index in [2.05, 4.69) is 170 Å². The van der Waals surface area contributed by atoms with Gasteiger partial charge in [-0.3, -0.25) is 0 Å². The Morgan fingerprint density at radius 1 is 0.391 bits per heavy atom. The van der Waals surface area contributed by atoms with Gasteiger partial charge in [0.15, 0.2) is 0 Å². The molecule has 216 valence electrons. The molecule has 2 aliphatic carbocycles. The van der Waals surface area contributed by atoms with E-state index in [1.54, 1.807) is 0 Å². The molecular formula is C46H32. The minimum absolute atomic E-state index is 0.994. The molecule has 0 saturated carbocycles. The maximum absolute atomic E-state index is 2.37. The van der Waals surface area contributed by atoms with Crippen molar-refractivity contribution in [2.24, 2.45) is 0 Å². The van der Waals surface area contributed by atoms with Crippen LogP contribution < -0.4 is 0 Å². The van der Waals surface area contributed by atoms with E-state index in [0.29, 0.717) is 0 Å². The van der Waals surface area contributed by atoms with Crippen LogP contribution in [0.2, 0.25) is 0 Å². The molecule has 0 heterocycles. The molecule has 0 N–H and O–H groups in total. The van der Waals surface area contributed by atoms with Crippen molar-refractivity contribution in [1.82, 2.24) is 0 Å². The highest BCUT2D eigenvalue weighted by Gasteiger charge is 2.18. The molecule has 0 bridgehead atoms. The Labute approximate surface area is 270 Å². The van der Waals surface area contributed by atoms with E-state index in [1.807, 2.05) is 0 Å². The summed E-state index contributed by atoms with van der Waals surface area (Å²) in [4.78, 5) is 0. The molecule has 2 aliphatic rings. The summed E-state index contributed by atoms with van der Waals surface area (Å²) in [5.41, 5.74) is 13.0. The summed E-state index contributed by atoms with van der Waals surface area (Å²) in [6.07, 6.45) is 13.4. The Hall–Kier alpha value is -5.72. The van der Waals surface area contributed by atoms with E-state index in [0.717, 1.165) is 12.8 Å². The SMILES string of the molecule is C1=CC2=CC=C(c3ccc(-c4c5ccccc5c(-c5cccc(-c6ccc7ccccc7c6)c5)c5ccccc45)cc3)CC2=CC1. The van der Waals surface area contributed by atoms with E-state index in [1.165, 1.54) is 88.0 Å². The Morgan fingerprint density at radius 2 is 0.978 bits per heavy atom. The molecule has 9 rings (SSSR count). The second-order valence-electron chi connectivity index (χ2n) is 12.4. The molecule has 0 amide bonds. The zero-order valence-electron chi connectivity index (χ0n) is 25.6. The first-order valence-corrected chi connectivity index (χ1v) is 16.2. The van der Waals surface area contributed by atoms with Crippen LogP contribution in [-0.4, -0.2) is 0 Å². The predicted octanol–water partition coefficient (Wildman–Crippen LogP) is 12.7. The first kappa shape index (κ1) is 26.7. The third kappa shape index (κ3) is 4.54. The predicted molar refractivity (Wildman–Crippen MR) is 198 cm³/mol. The Balaban J connectivity index is 1.18. The molecule has 7 aromatic rings. The highest BCUT2D eigenvalue weighted by molar-refractivity contribution is 6.21. The van der Waals surface area contributed by atoms with Crippen molar-refractivity contribution in [3.05, 3.63) is 187 Å². The molecule has 7 aromatic carbocycles. The van der Waals surface area contributed by atoms with Crippen LogP contribution in [0.3, 0.4) is 0 Å². The van der Waals surface area contributed by atoms with E-state index >= 15 is 0 Å². The number of benzene rings is 7. The Bertz CT molecular complexity index is 2390. The van der Waals surface area contributed by atoms with Crippen molar-refractivity contribution in [1.29, 1.82) is 0 Å². The zero-order chi connectivity index (χ0) is 30.5. The van der Waals surface area contributed by atoms with Gasteiger partial charge in [0.1, 0.15) is 0 Å². The summed E-state index contributed by atoms with van der Waals surface area (Å²) in [7, 11) is 0. The smallest absolute Gasteiger partial charge is 0.00169 e. The third-order valence-corrected chi connectivity index (χ3v) is 9.72. The number of hydrogen-bond donors (Lipinski definition) is 0.